The summed E-state index contributed by atoms with van der Waals surface area (Å²) in [6, 6.07) is 17.8. The number of benzene rings is 3. The number of aromatic nitrogens is 2. The molecular weight excluding hydrogens is 689 g/mol. The summed E-state index contributed by atoms with van der Waals surface area (Å²) in [4.78, 5) is 63.5. The predicted octanol–water partition coefficient (Wildman–Crippen LogP) is -0.264. The van der Waals surface area contributed by atoms with Gasteiger partial charge in [0.15, 0.2) is 0 Å². The van der Waals surface area contributed by atoms with E-state index in [4.69, 9.17) is 5.73 Å². The Bertz CT molecular complexity index is 1890. The van der Waals surface area contributed by atoms with Gasteiger partial charge in [-0.25, -0.2) is 0 Å². The van der Waals surface area contributed by atoms with Gasteiger partial charge >= 0.3 is 259 Å². The molecule has 3 aliphatic heterocycles. The monoisotopic (exact) mass is 718 g/mol. The van der Waals surface area contributed by atoms with Gasteiger partial charge in [0.25, 0.3) is 0 Å². The molecule has 4 N–H and O–H groups in total. The fourth-order valence-corrected chi connectivity index (χ4v) is 8.56. The Morgan fingerprint density at radius 3 is 2.56 bits per heavy atom. The number of carbonyl (C=O) groups excluding carboxylic acids is 5. The van der Waals surface area contributed by atoms with Crippen LogP contribution in [0.15, 0.2) is 66.9 Å². The van der Waals surface area contributed by atoms with Gasteiger partial charge in [0.05, 0.1) is 0 Å². The molecule has 2 fully saturated rings. The standard InChI is InChI=1S/C32H29IN7O5/c34-29(42)23-7-1-4-20-17-39(37-28(20)23)21-11-9-18(10-12-21)19-5-3-15-38(16-19)33-36-24-8-2-6-22-27(24)32(45)40(31(22)44)25-13-14-26(41)35-30(25)43/h1-2,4,6-12,17,19,25,36H,3,5,13-16H2,(H2,34,42)(H,35,41,43)/q-1. The summed E-state index contributed by atoms with van der Waals surface area (Å²) < 4.78 is 7.63. The van der Waals surface area contributed by atoms with Gasteiger partial charge in [-0.05, 0) is 0 Å². The van der Waals surface area contributed by atoms with Crippen molar-refractivity contribution in [3.63, 3.8) is 0 Å². The molecule has 230 valence electrons. The Morgan fingerprint density at radius 1 is 0.978 bits per heavy atom. The Morgan fingerprint density at radius 2 is 1.78 bits per heavy atom. The van der Waals surface area contributed by atoms with Crippen molar-refractivity contribution < 1.29 is 45.7 Å². The molecule has 45 heavy (non-hydrogen) atoms. The van der Waals surface area contributed by atoms with E-state index >= 15 is 0 Å². The number of halogens is 1. The van der Waals surface area contributed by atoms with E-state index in [1.54, 1.807) is 35.0 Å². The number of fused-ring (bicyclic) bond motifs is 2. The number of nitrogens with one attached hydrogen (secondary N) is 2. The molecule has 4 aromatic rings. The fourth-order valence-electron chi connectivity index (χ4n) is 6.25. The molecule has 0 aliphatic carbocycles. The molecule has 1 aromatic heterocycles. The van der Waals surface area contributed by atoms with E-state index in [9.17, 15) is 24.0 Å². The van der Waals surface area contributed by atoms with Crippen molar-refractivity contribution in [3.8, 4) is 5.69 Å². The number of anilines is 1. The van der Waals surface area contributed by atoms with E-state index in [1.165, 1.54) is 5.56 Å². The molecule has 3 aromatic carbocycles. The fraction of sp³-hybridized carbons (Fsp3) is 0.250. The molecule has 0 bridgehead atoms. The van der Waals surface area contributed by atoms with Crippen LogP contribution in [0.5, 0.6) is 0 Å². The number of carbonyl (C=O) groups is 5. The van der Waals surface area contributed by atoms with E-state index < -0.39 is 57.3 Å². The molecule has 2 unspecified atom stereocenters. The summed E-state index contributed by atoms with van der Waals surface area (Å²) in [6.45, 7) is 1.79. The second-order valence-corrected chi connectivity index (χ2v) is 13.7. The average Bonchev–Trinajstić information content (AvgIpc) is 3.59. The maximum absolute atomic E-state index is 13.4. The number of hydrogen-bond acceptors (Lipinski definition) is 8. The van der Waals surface area contributed by atoms with Crippen molar-refractivity contribution in [1.82, 2.24) is 23.1 Å². The second kappa shape index (κ2) is 11.7. The van der Waals surface area contributed by atoms with Crippen molar-refractivity contribution >= 4 is 46.1 Å². The molecular formula is C32H29IN7O5-. The Hall–Kier alpha value is -4.63. The molecule has 5 amide bonds. The third-order valence-corrected chi connectivity index (χ3v) is 10.9. The van der Waals surface area contributed by atoms with Gasteiger partial charge in [-0.3, -0.25) is 4.79 Å². The van der Waals surface area contributed by atoms with Gasteiger partial charge in [-0.1, -0.05) is 0 Å². The number of nitrogens with two attached hydrogens (primary N) is 1. The Labute approximate surface area is 268 Å². The van der Waals surface area contributed by atoms with Crippen LogP contribution < -0.4 is 36.3 Å². The van der Waals surface area contributed by atoms with Crippen LogP contribution in [0.2, 0.25) is 0 Å². The van der Waals surface area contributed by atoms with Gasteiger partial charge in [0.1, 0.15) is 0 Å². The third kappa shape index (κ3) is 5.35. The SMILES string of the molecule is NC(=O)c1cccc2cn(-c3ccc(C4CCCN([I-]Nc5cccc6c5C(=O)N(C5CCC(=O)NC5=O)C6=O)C4)cc3)nc12. The zero-order valence-corrected chi connectivity index (χ0v) is 26.2. The van der Waals surface area contributed by atoms with E-state index in [0.29, 0.717) is 22.7 Å². The topological polar surface area (TPSA) is 160 Å². The third-order valence-electron chi connectivity index (χ3n) is 8.53. The number of piperidine rings is 2. The molecule has 4 heterocycles. The van der Waals surface area contributed by atoms with E-state index in [2.05, 4.69) is 29.2 Å². The van der Waals surface area contributed by atoms with Crippen molar-refractivity contribution in [2.45, 2.75) is 37.6 Å². The van der Waals surface area contributed by atoms with E-state index in [0.717, 1.165) is 41.9 Å². The molecule has 3 aliphatic rings. The summed E-state index contributed by atoms with van der Waals surface area (Å²) in [5.74, 6) is -2.21. The Balaban J connectivity index is 1.02. The van der Waals surface area contributed by atoms with Gasteiger partial charge in [-0.2, -0.15) is 0 Å². The first kappa shape index (κ1) is 29.1. The van der Waals surface area contributed by atoms with Crippen molar-refractivity contribution in [3.05, 3.63) is 89.1 Å². The maximum atomic E-state index is 13.4. The van der Waals surface area contributed by atoms with Crippen LogP contribution in [0.3, 0.4) is 0 Å². The summed E-state index contributed by atoms with van der Waals surface area (Å²) in [5, 5.41) is 7.68. The first-order valence-electron chi connectivity index (χ1n) is 14.7. The van der Waals surface area contributed by atoms with Crippen LogP contribution in [-0.4, -0.2) is 66.5 Å². The zero-order valence-electron chi connectivity index (χ0n) is 24.0. The molecule has 0 radical (unpaired) electrons. The molecule has 0 spiro atoms. The van der Waals surface area contributed by atoms with Crippen LogP contribution in [0.25, 0.3) is 16.6 Å². The summed E-state index contributed by atoms with van der Waals surface area (Å²) in [6.07, 6.45) is 4.18. The summed E-state index contributed by atoms with van der Waals surface area (Å²) in [5.41, 5.74) is 9.75. The van der Waals surface area contributed by atoms with Crippen LogP contribution >= 0.6 is 0 Å². The number of nitrogens with zero attached hydrogens (tertiary/aromatic N) is 4. The van der Waals surface area contributed by atoms with Crippen LogP contribution in [0.1, 0.15) is 68.2 Å². The van der Waals surface area contributed by atoms with Gasteiger partial charge in [0, 0.05) is 0 Å². The Kier molecular flexibility index (Phi) is 7.57. The number of hydrogen-bond donors (Lipinski definition) is 3. The average molecular weight is 719 g/mol. The van der Waals surface area contributed by atoms with Gasteiger partial charge < -0.3 is 5.73 Å². The second-order valence-electron chi connectivity index (χ2n) is 11.3. The number of rotatable bonds is 7. The molecule has 0 saturated carbocycles. The quantitative estimate of drug-likeness (QED) is 0.134. The minimum atomic E-state index is -0.994. The molecule has 7 rings (SSSR count). The van der Waals surface area contributed by atoms with Gasteiger partial charge in [-0.15, -0.1) is 0 Å². The number of imide groups is 2. The van der Waals surface area contributed by atoms with Crippen molar-refractivity contribution in [2.24, 2.45) is 5.73 Å². The number of primary amides is 1. The minimum absolute atomic E-state index is 0.0807. The molecule has 13 heteroatoms. The van der Waals surface area contributed by atoms with Crippen LogP contribution in [0, 0.1) is 0 Å². The summed E-state index contributed by atoms with van der Waals surface area (Å²) >= 11 is -0.720. The van der Waals surface area contributed by atoms with Crippen molar-refractivity contribution in [2.75, 3.05) is 16.6 Å². The van der Waals surface area contributed by atoms with Gasteiger partial charge in [0.2, 0.25) is 0 Å². The first-order chi connectivity index (χ1) is 21.8. The zero-order chi connectivity index (χ0) is 31.2. The van der Waals surface area contributed by atoms with Crippen molar-refractivity contribution in [1.29, 1.82) is 0 Å². The molecule has 2 saturated heterocycles. The molecule has 2 atom stereocenters. The first-order valence-corrected chi connectivity index (χ1v) is 16.7. The molecule has 12 nitrogen and oxygen atoms in total. The van der Waals surface area contributed by atoms with Crippen LogP contribution in [0.4, 0.5) is 5.69 Å². The number of amides is 5. The van der Waals surface area contributed by atoms with E-state index in [1.807, 2.05) is 24.4 Å². The predicted molar refractivity (Wildman–Crippen MR) is 160 cm³/mol. The summed E-state index contributed by atoms with van der Waals surface area (Å²) in [7, 11) is 0. The van der Waals surface area contributed by atoms with E-state index in [-0.39, 0.29) is 24.0 Å². The normalized spacial score (nSPS) is 20.5. The van der Waals surface area contributed by atoms with Crippen LogP contribution in [-0.2, 0) is 9.59 Å².